The molecule has 0 bridgehead atoms. The predicted octanol–water partition coefficient (Wildman–Crippen LogP) is 10.6. The number of aryl methyl sites for hydroxylation is 2. The van der Waals surface area contributed by atoms with Crippen molar-refractivity contribution in [2.75, 3.05) is 0 Å². The van der Waals surface area contributed by atoms with Gasteiger partial charge in [0.1, 0.15) is 0 Å². The maximum atomic E-state index is 5.34. The van der Waals surface area contributed by atoms with E-state index in [9.17, 15) is 0 Å². The van der Waals surface area contributed by atoms with Gasteiger partial charge in [0.2, 0.25) is 0 Å². The predicted molar refractivity (Wildman–Crippen MR) is 184 cm³/mol. The molecule has 3 heteroatoms. The van der Waals surface area contributed by atoms with Crippen LogP contribution in [0.2, 0.25) is 0 Å². The van der Waals surface area contributed by atoms with Crippen LogP contribution in [-0.4, -0.2) is 15.0 Å². The average molecular weight is 564 g/mol. The molecule has 0 aliphatic rings. The molecule has 0 N–H and O–H groups in total. The Labute approximate surface area is 256 Å². The highest BCUT2D eigenvalue weighted by Crippen LogP contribution is 2.37. The minimum atomic E-state index is 0.973. The molecule has 0 atom stereocenters. The van der Waals surface area contributed by atoms with Gasteiger partial charge in [0, 0.05) is 50.8 Å². The molecule has 0 radical (unpaired) electrons. The summed E-state index contributed by atoms with van der Waals surface area (Å²) in [6.07, 6.45) is 3.73. The molecule has 0 aliphatic heterocycles. The van der Waals surface area contributed by atoms with E-state index < -0.39 is 0 Å². The third-order valence-corrected chi connectivity index (χ3v) is 8.61. The molecule has 44 heavy (non-hydrogen) atoms. The van der Waals surface area contributed by atoms with Gasteiger partial charge in [-0.15, -0.1) is 0 Å². The van der Waals surface area contributed by atoms with E-state index in [-0.39, 0.29) is 0 Å². The van der Waals surface area contributed by atoms with E-state index in [4.69, 9.17) is 4.98 Å². The second-order valence-electron chi connectivity index (χ2n) is 11.4. The first-order valence-electron chi connectivity index (χ1n) is 14.9. The van der Waals surface area contributed by atoms with Crippen molar-refractivity contribution in [2.24, 2.45) is 0 Å². The SMILES string of the molecule is Cc1cc(-c2cccc3cccnc23)ccc1-c1cc2ccccc2c(-c2ccc(-c3cccc4cccnc34)cc2C)n1. The standard InChI is InChI=1S/C41H29N3/c1-26-23-31(35-15-5-10-28-12-7-21-42-39(28)35)17-19-33(26)38-25-30-9-3-4-14-37(30)41(44-38)34-20-18-32(24-27(34)2)36-16-6-11-29-13-8-22-43-40(29)36/h3-25H,1-2H3. The molecule has 0 saturated heterocycles. The molecule has 3 aromatic heterocycles. The van der Waals surface area contributed by atoms with Gasteiger partial charge >= 0.3 is 0 Å². The molecule has 0 aliphatic carbocycles. The van der Waals surface area contributed by atoms with E-state index in [0.717, 1.165) is 72.0 Å². The third-order valence-electron chi connectivity index (χ3n) is 8.61. The van der Waals surface area contributed by atoms with Gasteiger partial charge in [0.05, 0.1) is 22.4 Å². The topological polar surface area (TPSA) is 38.7 Å². The monoisotopic (exact) mass is 563 g/mol. The van der Waals surface area contributed by atoms with Crippen molar-refractivity contribution in [3.05, 3.63) is 151 Å². The minimum absolute atomic E-state index is 0.973. The van der Waals surface area contributed by atoms with E-state index in [2.05, 4.69) is 139 Å². The van der Waals surface area contributed by atoms with Gasteiger partial charge in [0.25, 0.3) is 0 Å². The van der Waals surface area contributed by atoms with Crippen LogP contribution in [0.5, 0.6) is 0 Å². The number of pyridine rings is 3. The summed E-state index contributed by atoms with van der Waals surface area (Å²) in [6, 6.07) is 45.0. The van der Waals surface area contributed by atoms with Gasteiger partial charge in [-0.05, 0) is 59.7 Å². The van der Waals surface area contributed by atoms with E-state index in [1.54, 1.807) is 0 Å². The van der Waals surface area contributed by atoms with Crippen molar-refractivity contribution in [1.29, 1.82) is 0 Å². The van der Waals surface area contributed by atoms with Crippen LogP contribution >= 0.6 is 0 Å². The normalized spacial score (nSPS) is 11.4. The molecule has 3 nitrogen and oxygen atoms in total. The molecule has 5 aromatic carbocycles. The number of hydrogen-bond donors (Lipinski definition) is 0. The summed E-state index contributed by atoms with van der Waals surface area (Å²) in [5.74, 6) is 0. The Morgan fingerprint density at radius 2 is 0.977 bits per heavy atom. The van der Waals surface area contributed by atoms with Gasteiger partial charge in [-0.2, -0.15) is 0 Å². The Kier molecular flexibility index (Phi) is 6.23. The Hall–Kier alpha value is -5.67. The van der Waals surface area contributed by atoms with Crippen LogP contribution in [0.1, 0.15) is 11.1 Å². The Morgan fingerprint density at radius 1 is 0.432 bits per heavy atom. The van der Waals surface area contributed by atoms with Crippen LogP contribution in [0.3, 0.4) is 0 Å². The minimum Gasteiger partial charge on any atom is -0.256 e. The first-order valence-corrected chi connectivity index (χ1v) is 14.9. The summed E-state index contributed by atoms with van der Waals surface area (Å²) in [5.41, 5.74) is 13.2. The zero-order chi connectivity index (χ0) is 29.6. The second kappa shape index (κ2) is 10.6. The summed E-state index contributed by atoms with van der Waals surface area (Å²) < 4.78 is 0. The van der Waals surface area contributed by atoms with Crippen LogP contribution in [-0.2, 0) is 0 Å². The number of hydrogen-bond acceptors (Lipinski definition) is 3. The zero-order valence-electron chi connectivity index (χ0n) is 24.6. The third kappa shape index (κ3) is 4.42. The summed E-state index contributed by atoms with van der Waals surface area (Å²) in [5, 5.41) is 4.61. The number of para-hydroxylation sites is 2. The van der Waals surface area contributed by atoms with Crippen LogP contribution in [0, 0.1) is 13.8 Å². The van der Waals surface area contributed by atoms with Gasteiger partial charge < -0.3 is 0 Å². The van der Waals surface area contributed by atoms with E-state index in [1.807, 2.05) is 24.5 Å². The lowest BCUT2D eigenvalue weighted by molar-refractivity contribution is 1.31. The molecule has 8 aromatic rings. The number of aromatic nitrogens is 3. The number of fused-ring (bicyclic) bond motifs is 3. The molecule has 3 heterocycles. The Morgan fingerprint density at radius 3 is 1.59 bits per heavy atom. The molecule has 0 amide bonds. The van der Waals surface area contributed by atoms with Gasteiger partial charge in [-0.25, -0.2) is 4.98 Å². The fourth-order valence-electron chi connectivity index (χ4n) is 6.43. The number of nitrogens with zero attached hydrogens (tertiary/aromatic N) is 3. The van der Waals surface area contributed by atoms with Crippen molar-refractivity contribution in [1.82, 2.24) is 15.0 Å². The van der Waals surface area contributed by atoms with Crippen LogP contribution in [0.25, 0.3) is 77.3 Å². The summed E-state index contributed by atoms with van der Waals surface area (Å²) in [6.45, 7) is 4.35. The highest BCUT2D eigenvalue weighted by atomic mass is 14.7. The molecule has 0 saturated carbocycles. The number of benzene rings is 5. The van der Waals surface area contributed by atoms with Gasteiger partial charge in [-0.3, -0.25) is 9.97 Å². The lowest BCUT2D eigenvalue weighted by Gasteiger charge is -2.15. The maximum absolute atomic E-state index is 5.34. The largest absolute Gasteiger partial charge is 0.256 e. The number of rotatable bonds is 4. The fraction of sp³-hybridized carbons (Fsp3) is 0.0488. The zero-order valence-corrected chi connectivity index (χ0v) is 24.6. The first-order chi connectivity index (χ1) is 21.6. The van der Waals surface area contributed by atoms with Crippen molar-refractivity contribution >= 4 is 32.6 Å². The Bertz CT molecular complexity index is 2360. The molecule has 0 spiro atoms. The summed E-state index contributed by atoms with van der Waals surface area (Å²) in [7, 11) is 0. The van der Waals surface area contributed by atoms with Crippen molar-refractivity contribution in [3.8, 4) is 44.8 Å². The van der Waals surface area contributed by atoms with E-state index in [0.29, 0.717) is 0 Å². The second-order valence-corrected chi connectivity index (χ2v) is 11.4. The van der Waals surface area contributed by atoms with Crippen molar-refractivity contribution in [2.45, 2.75) is 13.8 Å². The molecule has 0 unspecified atom stereocenters. The molecular formula is C41H29N3. The van der Waals surface area contributed by atoms with Crippen LogP contribution in [0.4, 0.5) is 0 Å². The van der Waals surface area contributed by atoms with Crippen molar-refractivity contribution < 1.29 is 0 Å². The van der Waals surface area contributed by atoms with E-state index in [1.165, 1.54) is 16.5 Å². The Balaban J connectivity index is 1.24. The lowest BCUT2D eigenvalue weighted by atomic mass is 9.93. The molecule has 0 fully saturated rings. The smallest absolute Gasteiger partial charge is 0.0790 e. The molecule has 8 rings (SSSR count). The lowest BCUT2D eigenvalue weighted by Crippen LogP contribution is -1.95. The average Bonchev–Trinajstić information content (AvgIpc) is 3.07. The maximum Gasteiger partial charge on any atom is 0.0790 e. The molecular weight excluding hydrogens is 534 g/mol. The quantitative estimate of drug-likeness (QED) is 0.214. The van der Waals surface area contributed by atoms with Crippen molar-refractivity contribution in [3.63, 3.8) is 0 Å². The van der Waals surface area contributed by atoms with Gasteiger partial charge in [-0.1, -0.05) is 109 Å². The highest BCUT2D eigenvalue weighted by molar-refractivity contribution is 5.99. The van der Waals surface area contributed by atoms with Crippen LogP contribution in [0.15, 0.2) is 140 Å². The summed E-state index contributed by atoms with van der Waals surface area (Å²) in [4.78, 5) is 14.7. The van der Waals surface area contributed by atoms with Crippen LogP contribution < -0.4 is 0 Å². The first kappa shape index (κ1) is 26.0. The fourth-order valence-corrected chi connectivity index (χ4v) is 6.43. The summed E-state index contributed by atoms with van der Waals surface area (Å²) >= 11 is 0. The highest BCUT2D eigenvalue weighted by Gasteiger charge is 2.15. The molecule has 208 valence electrons. The van der Waals surface area contributed by atoms with Gasteiger partial charge in [0.15, 0.2) is 0 Å². The van der Waals surface area contributed by atoms with E-state index >= 15 is 0 Å².